The number of fused-ring (bicyclic) bond motifs is 1. The lowest BCUT2D eigenvalue weighted by Crippen LogP contribution is -2.26. The molecule has 0 fully saturated rings. The molecular formula is C11H14INO. The Balaban J connectivity index is 2.32. The first kappa shape index (κ1) is 10.2. The van der Waals surface area contributed by atoms with Gasteiger partial charge >= 0.3 is 0 Å². The van der Waals surface area contributed by atoms with Gasteiger partial charge < -0.3 is 10.1 Å². The molecule has 2 nitrogen and oxygen atoms in total. The molecule has 0 radical (unpaired) electrons. The Bertz CT molecular complexity index is 327. The molecule has 3 heteroatoms. The van der Waals surface area contributed by atoms with Crippen molar-refractivity contribution in [3.05, 3.63) is 27.3 Å². The topological polar surface area (TPSA) is 21.3 Å². The average molecular weight is 303 g/mol. The summed E-state index contributed by atoms with van der Waals surface area (Å²) in [5.74, 6) is 1.04. The van der Waals surface area contributed by atoms with Gasteiger partial charge in [0.15, 0.2) is 0 Å². The first-order chi connectivity index (χ1) is 6.81. The lowest BCUT2D eigenvalue weighted by molar-refractivity contribution is 0.254. The second-order valence-electron chi connectivity index (χ2n) is 3.43. The lowest BCUT2D eigenvalue weighted by Gasteiger charge is -2.26. The number of hydrogen-bond acceptors (Lipinski definition) is 2. The van der Waals surface area contributed by atoms with Crippen LogP contribution in [0.4, 0.5) is 0 Å². The number of halogens is 1. The molecule has 0 amide bonds. The Morgan fingerprint density at radius 2 is 2.43 bits per heavy atom. The third kappa shape index (κ3) is 2.03. The summed E-state index contributed by atoms with van der Waals surface area (Å²) in [6.45, 7) is 3.98. The highest BCUT2D eigenvalue weighted by molar-refractivity contribution is 14.1. The quantitative estimate of drug-likeness (QED) is 0.848. The number of hydrogen-bond donors (Lipinski definition) is 1. The molecule has 0 saturated heterocycles. The van der Waals surface area contributed by atoms with E-state index < -0.39 is 0 Å². The summed E-state index contributed by atoms with van der Waals surface area (Å²) < 4.78 is 6.88. The van der Waals surface area contributed by atoms with E-state index in [0.29, 0.717) is 6.04 Å². The van der Waals surface area contributed by atoms with Gasteiger partial charge in [0.1, 0.15) is 5.75 Å². The van der Waals surface area contributed by atoms with Crippen LogP contribution >= 0.6 is 22.6 Å². The molecule has 0 saturated carbocycles. The highest BCUT2D eigenvalue weighted by Crippen LogP contribution is 2.32. The Hall–Kier alpha value is -0.290. The summed E-state index contributed by atoms with van der Waals surface area (Å²) in [6, 6.07) is 6.84. The van der Waals surface area contributed by atoms with Crippen molar-refractivity contribution in [2.45, 2.75) is 19.4 Å². The third-order valence-electron chi connectivity index (χ3n) is 2.46. The predicted molar refractivity (Wildman–Crippen MR) is 65.7 cm³/mol. The molecule has 1 aliphatic rings. The molecule has 1 heterocycles. The van der Waals surface area contributed by atoms with Crippen molar-refractivity contribution in [1.29, 1.82) is 0 Å². The van der Waals surface area contributed by atoms with Gasteiger partial charge in [-0.25, -0.2) is 0 Å². The molecular weight excluding hydrogens is 289 g/mol. The Labute approximate surface area is 98.2 Å². The van der Waals surface area contributed by atoms with Gasteiger partial charge in [0.25, 0.3) is 0 Å². The van der Waals surface area contributed by atoms with E-state index in [1.165, 1.54) is 9.13 Å². The molecule has 1 aromatic rings. The van der Waals surface area contributed by atoms with Crippen molar-refractivity contribution in [2.24, 2.45) is 0 Å². The van der Waals surface area contributed by atoms with Crippen molar-refractivity contribution >= 4 is 22.6 Å². The van der Waals surface area contributed by atoms with Gasteiger partial charge in [-0.3, -0.25) is 0 Å². The van der Waals surface area contributed by atoms with Crippen LogP contribution < -0.4 is 10.1 Å². The first-order valence-electron chi connectivity index (χ1n) is 4.97. The smallest absolute Gasteiger partial charge is 0.124 e. The molecule has 1 N–H and O–H groups in total. The van der Waals surface area contributed by atoms with Crippen LogP contribution in [0.3, 0.4) is 0 Å². The van der Waals surface area contributed by atoms with Crippen molar-refractivity contribution in [1.82, 2.24) is 5.32 Å². The maximum atomic E-state index is 5.61. The molecule has 1 unspecified atom stereocenters. The van der Waals surface area contributed by atoms with Gasteiger partial charge in [-0.2, -0.15) is 0 Å². The van der Waals surface area contributed by atoms with Crippen LogP contribution in [-0.2, 0) is 0 Å². The molecule has 76 valence electrons. The number of nitrogens with one attached hydrogen (secondary N) is 1. The van der Waals surface area contributed by atoms with E-state index in [1.54, 1.807) is 0 Å². The monoisotopic (exact) mass is 303 g/mol. The van der Waals surface area contributed by atoms with E-state index in [1.807, 2.05) is 0 Å². The number of ether oxygens (including phenoxy) is 1. The highest BCUT2D eigenvalue weighted by Gasteiger charge is 2.20. The normalized spacial score (nSPS) is 20.0. The first-order valence-corrected chi connectivity index (χ1v) is 6.04. The van der Waals surface area contributed by atoms with E-state index in [9.17, 15) is 0 Å². The Kier molecular flexibility index (Phi) is 3.28. The minimum Gasteiger partial charge on any atom is -0.493 e. The second-order valence-corrected chi connectivity index (χ2v) is 4.68. The van der Waals surface area contributed by atoms with Gasteiger partial charge in [0, 0.05) is 21.6 Å². The third-order valence-corrected chi connectivity index (χ3v) is 3.13. The Morgan fingerprint density at radius 3 is 3.21 bits per heavy atom. The zero-order chi connectivity index (χ0) is 9.97. The summed E-state index contributed by atoms with van der Waals surface area (Å²) in [5, 5.41) is 3.48. The summed E-state index contributed by atoms with van der Waals surface area (Å²) in [6.07, 6.45) is 1.07. The van der Waals surface area contributed by atoms with Gasteiger partial charge in [-0.05, 0) is 47.3 Å². The fourth-order valence-corrected chi connectivity index (χ4v) is 2.34. The van der Waals surface area contributed by atoms with Crippen molar-refractivity contribution in [3.8, 4) is 5.75 Å². The lowest BCUT2D eigenvalue weighted by atomic mass is 10.0. The van der Waals surface area contributed by atoms with Crippen LogP contribution in [0.15, 0.2) is 18.2 Å². The van der Waals surface area contributed by atoms with E-state index in [-0.39, 0.29) is 0 Å². The molecule has 1 aliphatic heterocycles. The van der Waals surface area contributed by atoms with Crippen LogP contribution in [0.2, 0.25) is 0 Å². The maximum absolute atomic E-state index is 5.61. The van der Waals surface area contributed by atoms with Gasteiger partial charge in [-0.1, -0.05) is 6.92 Å². The molecule has 0 spiro atoms. The number of rotatable bonds is 2. The maximum Gasteiger partial charge on any atom is 0.124 e. The molecule has 2 rings (SSSR count). The van der Waals surface area contributed by atoms with Gasteiger partial charge in [0.2, 0.25) is 0 Å². The molecule has 0 aliphatic carbocycles. The standard InChI is InChI=1S/C11H14INO/c1-2-13-10-5-6-14-11-4-3-8(12)7-9(10)11/h3-4,7,10,13H,2,5-6H2,1H3. The molecule has 1 aromatic carbocycles. The minimum atomic E-state index is 0.471. The summed E-state index contributed by atoms with van der Waals surface area (Å²) >= 11 is 2.34. The van der Waals surface area contributed by atoms with Crippen molar-refractivity contribution in [2.75, 3.05) is 13.2 Å². The summed E-state index contributed by atoms with van der Waals surface area (Å²) in [5.41, 5.74) is 1.31. The van der Waals surface area contributed by atoms with Crippen molar-refractivity contribution < 1.29 is 4.74 Å². The molecule has 0 aromatic heterocycles. The van der Waals surface area contributed by atoms with E-state index in [2.05, 4.69) is 53.0 Å². The zero-order valence-corrected chi connectivity index (χ0v) is 10.4. The van der Waals surface area contributed by atoms with Crippen LogP contribution in [0.5, 0.6) is 5.75 Å². The molecule has 14 heavy (non-hydrogen) atoms. The SMILES string of the molecule is CCNC1CCOc2ccc(I)cc21. The van der Waals surface area contributed by atoms with E-state index in [4.69, 9.17) is 4.74 Å². The predicted octanol–water partition coefficient (Wildman–Crippen LogP) is 2.72. The number of benzene rings is 1. The summed E-state index contributed by atoms with van der Waals surface area (Å²) in [4.78, 5) is 0. The van der Waals surface area contributed by atoms with E-state index >= 15 is 0 Å². The molecule has 0 bridgehead atoms. The summed E-state index contributed by atoms with van der Waals surface area (Å²) in [7, 11) is 0. The van der Waals surface area contributed by atoms with Crippen LogP contribution in [0, 0.1) is 3.57 Å². The zero-order valence-electron chi connectivity index (χ0n) is 8.22. The average Bonchev–Trinajstić information content (AvgIpc) is 2.19. The minimum absolute atomic E-state index is 0.471. The fraction of sp³-hybridized carbons (Fsp3) is 0.455. The van der Waals surface area contributed by atoms with Gasteiger partial charge in [-0.15, -0.1) is 0 Å². The second kappa shape index (κ2) is 4.49. The van der Waals surface area contributed by atoms with Crippen LogP contribution in [0.25, 0.3) is 0 Å². The molecule has 1 atom stereocenters. The van der Waals surface area contributed by atoms with E-state index in [0.717, 1.165) is 25.3 Å². The van der Waals surface area contributed by atoms with Crippen LogP contribution in [0.1, 0.15) is 24.9 Å². The largest absolute Gasteiger partial charge is 0.493 e. The van der Waals surface area contributed by atoms with Crippen molar-refractivity contribution in [3.63, 3.8) is 0 Å². The Morgan fingerprint density at radius 1 is 1.57 bits per heavy atom. The fourth-order valence-electron chi connectivity index (χ4n) is 1.82. The van der Waals surface area contributed by atoms with Crippen LogP contribution in [-0.4, -0.2) is 13.2 Å². The highest BCUT2D eigenvalue weighted by atomic mass is 127. The van der Waals surface area contributed by atoms with Gasteiger partial charge in [0.05, 0.1) is 6.61 Å².